The van der Waals surface area contributed by atoms with Crippen LogP contribution in [0.5, 0.6) is 0 Å². The summed E-state index contributed by atoms with van der Waals surface area (Å²) in [4.78, 5) is 19.4. The van der Waals surface area contributed by atoms with Crippen LogP contribution >= 0.6 is 12.4 Å². The molecule has 2 unspecified atom stereocenters. The molecule has 27 heavy (non-hydrogen) atoms. The van der Waals surface area contributed by atoms with Gasteiger partial charge in [0.1, 0.15) is 6.04 Å². The van der Waals surface area contributed by atoms with Gasteiger partial charge in [-0.15, -0.1) is 12.4 Å². The number of fused-ring (bicyclic) bond motifs is 1. The van der Waals surface area contributed by atoms with Crippen molar-refractivity contribution >= 4 is 18.3 Å². The zero-order valence-electron chi connectivity index (χ0n) is 16.4. The highest BCUT2D eigenvalue weighted by Crippen LogP contribution is 2.33. The molecular formula is C20H29ClN4O2. The van der Waals surface area contributed by atoms with Crippen molar-refractivity contribution in [3.05, 3.63) is 47.1 Å². The zero-order chi connectivity index (χ0) is 18.7. The molecule has 0 spiro atoms. The molecule has 1 aromatic heterocycles. The Balaban J connectivity index is 0.00000261. The summed E-state index contributed by atoms with van der Waals surface area (Å²) in [6, 6.07) is 8.35. The number of halogens is 1. The third-order valence-electron chi connectivity index (χ3n) is 4.90. The number of nitrogens with one attached hydrogen (secondary N) is 1. The van der Waals surface area contributed by atoms with Crippen molar-refractivity contribution in [2.75, 3.05) is 7.05 Å². The zero-order valence-corrected chi connectivity index (χ0v) is 17.3. The number of rotatable bonds is 6. The average Bonchev–Trinajstić information content (AvgIpc) is 3.08. The maximum absolute atomic E-state index is 12.9. The van der Waals surface area contributed by atoms with E-state index in [0.29, 0.717) is 43.4 Å². The summed E-state index contributed by atoms with van der Waals surface area (Å²) in [5, 5.41) is 7.30. The Hall–Kier alpha value is -1.92. The highest BCUT2D eigenvalue weighted by atomic mass is 35.5. The fourth-order valence-electron chi connectivity index (χ4n) is 3.33. The SMILES string of the molecule is CNC(C)Cc1noc(C2Cc3ccccc3CN2C(=O)CC(C)C)n1.Cl. The molecule has 7 heteroatoms. The van der Waals surface area contributed by atoms with Gasteiger partial charge in [0.25, 0.3) is 0 Å². The van der Waals surface area contributed by atoms with Gasteiger partial charge in [0.15, 0.2) is 5.82 Å². The number of hydrogen-bond acceptors (Lipinski definition) is 5. The summed E-state index contributed by atoms with van der Waals surface area (Å²) < 4.78 is 5.57. The second-order valence-electron chi connectivity index (χ2n) is 7.55. The highest BCUT2D eigenvalue weighted by Gasteiger charge is 2.34. The topological polar surface area (TPSA) is 71.3 Å². The van der Waals surface area contributed by atoms with E-state index in [1.54, 1.807) is 0 Å². The largest absolute Gasteiger partial charge is 0.337 e. The molecule has 0 fully saturated rings. The van der Waals surface area contributed by atoms with Crippen molar-refractivity contribution in [3.63, 3.8) is 0 Å². The molecular weight excluding hydrogens is 364 g/mol. The first-order valence-corrected chi connectivity index (χ1v) is 9.34. The number of benzene rings is 1. The minimum absolute atomic E-state index is 0. The van der Waals surface area contributed by atoms with Gasteiger partial charge in [-0.2, -0.15) is 4.98 Å². The summed E-state index contributed by atoms with van der Waals surface area (Å²) in [5.41, 5.74) is 2.44. The van der Waals surface area contributed by atoms with Crippen molar-refractivity contribution in [1.82, 2.24) is 20.4 Å². The van der Waals surface area contributed by atoms with E-state index in [1.165, 1.54) is 11.1 Å². The molecule has 2 aromatic rings. The van der Waals surface area contributed by atoms with Gasteiger partial charge in [-0.3, -0.25) is 4.79 Å². The summed E-state index contributed by atoms with van der Waals surface area (Å²) in [6.45, 7) is 6.80. The maximum Gasteiger partial charge on any atom is 0.249 e. The number of aromatic nitrogens is 2. The first-order valence-electron chi connectivity index (χ1n) is 9.34. The Labute approximate surface area is 167 Å². The molecule has 6 nitrogen and oxygen atoms in total. The van der Waals surface area contributed by atoms with Gasteiger partial charge in [-0.25, -0.2) is 0 Å². The van der Waals surface area contributed by atoms with Crippen LogP contribution in [-0.2, 0) is 24.2 Å². The van der Waals surface area contributed by atoms with E-state index in [0.717, 1.165) is 0 Å². The van der Waals surface area contributed by atoms with Crippen LogP contribution < -0.4 is 5.32 Å². The van der Waals surface area contributed by atoms with Gasteiger partial charge in [0, 0.05) is 31.8 Å². The number of hydrogen-bond donors (Lipinski definition) is 1. The third-order valence-corrected chi connectivity index (χ3v) is 4.90. The highest BCUT2D eigenvalue weighted by molar-refractivity contribution is 5.85. The van der Waals surface area contributed by atoms with Crippen LogP contribution in [0.4, 0.5) is 0 Å². The van der Waals surface area contributed by atoms with Crippen LogP contribution in [0.3, 0.4) is 0 Å². The Kier molecular flexibility index (Phi) is 7.39. The number of carbonyl (C=O) groups is 1. The van der Waals surface area contributed by atoms with Crippen LogP contribution in [0.2, 0.25) is 0 Å². The molecule has 1 amide bonds. The number of carbonyl (C=O) groups excluding carboxylic acids is 1. The van der Waals surface area contributed by atoms with Crippen LogP contribution in [0.15, 0.2) is 28.8 Å². The molecule has 1 aromatic carbocycles. The third kappa shape index (κ3) is 5.08. The van der Waals surface area contributed by atoms with E-state index in [9.17, 15) is 4.79 Å². The van der Waals surface area contributed by atoms with Gasteiger partial charge < -0.3 is 14.7 Å². The van der Waals surface area contributed by atoms with Crippen LogP contribution in [-0.4, -0.2) is 34.0 Å². The first kappa shape index (κ1) is 21.4. The minimum atomic E-state index is -0.192. The molecule has 148 valence electrons. The lowest BCUT2D eigenvalue weighted by molar-refractivity contribution is -0.136. The summed E-state index contributed by atoms with van der Waals surface area (Å²) in [5.74, 6) is 1.67. The van der Waals surface area contributed by atoms with Crippen molar-refractivity contribution in [1.29, 1.82) is 0 Å². The Morgan fingerprint density at radius 2 is 2.00 bits per heavy atom. The van der Waals surface area contributed by atoms with Gasteiger partial charge in [0.2, 0.25) is 11.8 Å². The number of likely N-dealkylation sites (N-methyl/N-ethyl adjacent to an activating group) is 1. The molecule has 0 radical (unpaired) electrons. The molecule has 0 saturated carbocycles. The van der Waals surface area contributed by atoms with E-state index < -0.39 is 0 Å². The van der Waals surface area contributed by atoms with Gasteiger partial charge in [-0.1, -0.05) is 43.3 Å². The second-order valence-corrected chi connectivity index (χ2v) is 7.55. The second kappa shape index (κ2) is 9.33. The van der Waals surface area contributed by atoms with E-state index in [-0.39, 0.29) is 30.4 Å². The monoisotopic (exact) mass is 392 g/mol. The molecule has 2 heterocycles. The minimum Gasteiger partial charge on any atom is -0.337 e. The molecule has 1 aliphatic heterocycles. The first-order chi connectivity index (χ1) is 12.5. The summed E-state index contributed by atoms with van der Waals surface area (Å²) in [7, 11) is 1.91. The van der Waals surface area contributed by atoms with Crippen molar-refractivity contribution in [2.24, 2.45) is 5.92 Å². The standard InChI is InChI=1S/C20H28N4O2.ClH/c1-13(2)9-19(25)24-12-16-8-6-5-7-15(16)11-17(24)20-22-18(23-26-20)10-14(3)21-4;/h5-8,13-14,17,21H,9-12H2,1-4H3;1H. The molecule has 0 aliphatic carbocycles. The fourth-order valence-corrected chi connectivity index (χ4v) is 3.33. The van der Waals surface area contributed by atoms with Crippen LogP contribution in [0.1, 0.15) is 56.1 Å². The normalized spacial score (nSPS) is 17.4. The average molecular weight is 393 g/mol. The summed E-state index contributed by atoms with van der Waals surface area (Å²) >= 11 is 0. The van der Waals surface area contributed by atoms with Crippen LogP contribution in [0.25, 0.3) is 0 Å². The van der Waals surface area contributed by atoms with Crippen molar-refractivity contribution in [3.8, 4) is 0 Å². The lowest BCUT2D eigenvalue weighted by Crippen LogP contribution is -2.39. The fraction of sp³-hybridized carbons (Fsp3) is 0.550. The lowest BCUT2D eigenvalue weighted by atomic mass is 9.93. The van der Waals surface area contributed by atoms with E-state index in [4.69, 9.17) is 4.52 Å². The number of amides is 1. The van der Waals surface area contributed by atoms with Gasteiger partial charge in [0.05, 0.1) is 0 Å². The molecule has 0 bridgehead atoms. The smallest absolute Gasteiger partial charge is 0.249 e. The van der Waals surface area contributed by atoms with E-state index in [2.05, 4.69) is 48.4 Å². The molecule has 0 saturated heterocycles. The van der Waals surface area contributed by atoms with E-state index in [1.807, 2.05) is 24.1 Å². The molecule has 2 atom stereocenters. The molecule has 3 rings (SSSR count). The maximum atomic E-state index is 12.9. The Morgan fingerprint density at radius 1 is 1.30 bits per heavy atom. The molecule has 1 N–H and O–H groups in total. The summed E-state index contributed by atoms with van der Waals surface area (Å²) in [6.07, 6.45) is 1.93. The molecule has 1 aliphatic rings. The quantitative estimate of drug-likeness (QED) is 0.816. The van der Waals surface area contributed by atoms with Gasteiger partial charge >= 0.3 is 0 Å². The van der Waals surface area contributed by atoms with E-state index >= 15 is 0 Å². The van der Waals surface area contributed by atoms with Crippen LogP contribution in [0, 0.1) is 5.92 Å². The predicted octanol–water partition coefficient (Wildman–Crippen LogP) is 3.31. The Morgan fingerprint density at radius 3 is 2.67 bits per heavy atom. The van der Waals surface area contributed by atoms with Crippen molar-refractivity contribution < 1.29 is 9.32 Å². The predicted molar refractivity (Wildman–Crippen MR) is 107 cm³/mol. The Bertz CT molecular complexity index is 762. The van der Waals surface area contributed by atoms with Gasteiger partial charge in [-0.05, 0) is 31.0 Å². The van der Waals surface area contributed by atoms with Crippen molar-refractivity contribution in [2.45, 2.75) is 58.7 Å². The number of nitrogens with zero attached hydrogens (tertiary/aromatic N) is 3. The lowest BCUT2D eigenvalue weighted by Gasteiger charge is -2.35.